The number of benzene rings is 1. The van der Waals surface area contributed by atoms with E-state index in [0.717, 1.165) is 0 Å². The Labute approximate surface area is 135 Å². The van der Waals surface area contributed by atoms with Crippen LogP contribution in [0.4, 0.5) is 0 Å². The molecule has 0 amide bonds. The lowest BCUT2D eigenvalue weighted by molar-refractivity contribution is 0.493. The maximum atomic E-state index is 12.3. The van der Waals surface area contributed by atoms with Crippen LogP contribution in [-0.2, 0) is 26.4 Å². The van der Waals surface area contributed by atoms with Crippen LogP contribution in [0.1, 0.15) is 13.8 Å². The quantitative estimate of drug-likeness (QED) is 0.769. The van der Waals surface area contributed by atoms with Gasteiger partial charge in [0.25, 0.3) is 0 Å². The van der Waals surface area contributed by atoms with Crippen molar-refractivity contribution in [1.82, 2.24) is 19.5 Å². The molecule has 0 fully saturated rings. The maximum absolute atomic E-state index is 12.3. The minimum absolute atomic E-state index is 0.0120. The lowest BCUT2D eigenvalue weighted by atomic mass is 10.4. The van der Waals surface area contributed by atoms with Crippen LogP contribution in [0.3, 0.4) is 0 Å². The summed E-state index contributed by atoms with van der Waals surface area (Å²) in [7, 11) is -7.09. The number of aromatic nitrogens is 3. The highest BCUT2D eigenvalue weighted by atomic mass is 32.2. The van der Waals surface area contributed by atoms with Gasteiger partial charge in [0.1, 0.15) is 12.7 Å². The molecule has 0 saturated heterocycles. The Kier molecular flexibility index (Phi) is 5.17. The third-order valence-electron chi connectivity index (χ3n) is 3.16. The summed E-state index contributed by atoms with van der Waals surface area (Å²) in [5.41, 5.74) is 0. The summed E-state index contributed by atoms with van der Waals surface area (Å²) in [6, 6.07) is 4.77. The lowest BCUT2D eigenvalue weighted by Crippen LogP contribution is -2.35. The Morgan fingerprint density at radius 2 is 1.74 bits per heavy atom. The Bertz CT molecular complexity index is 844. The van der Waals surface area contributed by atoms with Crippen LogP contribution in [0, 0.1) is 0 Å². The number of nitrogens with zero attached hydrogens (tertiary/aromatic N) is 3. The van der Waals surface area contributed by atoms with Gasteiger partial charge in [-0.25, -0.2) is 26.5 Å². The van der Waals surface area contributed by atoms with E-state index in [4.69, 9.17) is 0 Å². The second-order valence-electron chi connectivity index (χ2n) is 5.01. The fourth-order valence-corrected chi connectivity index (χ4v) is 4.09. The van der Waals surface area contributed by atoms with E-state index >= 15 is 0 Å². The van der Waals surface area contributed by atoms with Crippen LogP contribution >= 0.6 is 0 Å². The fraction of sp³-hybridized carbons (Fsp3) is 0.385. The van der Waals surface area contributed by atoms with Gasteiger partial charge >= 0.3 is 0 Å². The summed E-state index contributed by atoms with van der Waals surface area (Å²) in [5.74, 6) is -0.0354. The zero-order chi connectivity index (χ0) is 17.1. The average Bonchev–Trinajstić information content (AvgIpc) is 2.99. The molecule has 1 unspecified atom stereocenters. The summed E-state index contributed by atoms with van der Waals surface area (Å²) in [6.07, 6.45) is 2.86. The Morgan fingerprint density at radius 1 is 1.13 bits per heavy atom. The first-order valence-electron chi connectivity index (χ1n) is 6.92. The van der Waals surface area contributed by atoms with Gasteiger partial charge in [-0.3, -0.25) is 4.68 Å². The number of hydrogen-bond acceptors (Lipinski definition) is 6. The number of hydrogen-bond donors (Lipinski definition) is 1. The molecule has 0 aliphatic heterocycles. The van der Waals surface area contributed by atoms with Crippen molar-refractivity contribution in [1.29, 1.82) is 0 Å². The molecule has 0 saturated carbocycles. The second kappa shape index (κ2) is 6.77. The zero-order valence-corrected chi connectivity index (χ0v) is 14.4. The largest absolute Gasteiger partial charge is 0.251 e. The van der Waals surface area contributed by atoms with E-state index in [2.05, 4.69) is 14.8 Å². The molecule has 0 aliphatic carbocycles. The molecule has 1 N–H and O–H groups in total. The molecular weight excluding hydrogens is 340 g/mol. The van der Waals surface area contributed by atoms with E-state index in [1.807, 2.05) is 0 Å². The minimum Gasteiger partial charge on any atom is -0.251 e. The summed E-state index contributed by atoms with van der Waals surface area (Å²) in [4.78, 5) is 3.91. The standard InChI is InChI=1S/C13H18N4O4S2/c1-3-22(18,19)12-4-6-13(7-5-12)23(20,21)16-11(2)8-17-10-14-9-15-17/h4-7,9-11,16H,3,8H2,1-2H3. The monoisotopic (exact) mass is 358 g/mol. The highest BCUT2D eigenvalue weighted by Crippen LogP contribution is 2.16. The Hall–Kier alpha value is -1.78. The molecule has 1 aromatic heterocycles. The molecule has 10 heteroatoms. The molecule has 2 aromatic rings. The topological polar surface area (TPSA) is 111 Å². The number of sulfonamides is 1. The molecule has 0 radical (unpaired) electrons. The van der Waals surface area contributed by atoms with Crippen LogP contribution in [0.25, 0.3) is 0 Å². The van der Waals surface area contributed by atoms with Crippen molar-refractivity contribution in [3.63, 3.8) is 0 Å². The van der Waals surface area contributed by atoms with Crippen molar-refractivity contribution < 1.29 is 16.8 Å². The van der Waals surface area contributed by atoms with Gasteiger partial charge in [0.15, 0.2) is 9.84 Å². The smallest absolute Gasteiger partial charge is 0.240 e. The molecule has 0 aliphatic rings. The summed E-state index contributed by atoms with van der Waals surface area (Å²) in [5, 5.41) is 3.91. The van der Waals surface area contributed by atoms with Crippen molar-refractivity contribution in [3.05, 3.63) is 36.9 Å². The van der Waals surface area contributed by atoms with Crippen molar-refractivity contribution >= 4 is 19.9 Å². The lowest BCUT2D eigenvalue weighted by Gasteiger charge is -2.14. The van der Waals surface area contributed by atoms with Crippen LogP contribution in [0.15, 0.2) is 46.7 Å². The third kappa shape index (κ3) is 4.36. The summed E-state index contributed by atoms with van der Waals surface area (Å²) >= 11 is 0. The molecule has 0 bridgehead atoms. The van der Waals surface area contributed by atoms with E-state index in [9.17, 15) is 16.8 Å². The van der Waals surface area contributed by atoms with E-state index < -0.39 is 25.9 Å². The summed E-state index contributed by atoms with van der Waals surface area (Å²) in [6.45, 7) is 3.57. The summed E-state index contributed by atoms with van der Waals surface area (Å²) < 4.78 is 52.1. The van der Waals surface area contributed by atoms with Crippen molar-refractivity contribution in [2.75, 3.05) is 5.75 Å². The molecule has 8 nitrogen and oxygen atoms in total. The van der Waals surface area contributed by atoms with Gasteiger partial charge in [-0.05, 0) is 31.2 Å². The highest BCUT2D eigenvalue weighted by molar-refractivity contribution is 7.91. The second-order valence-corrected chi connectivity index (χ2v) is 9.01. The van der Waals surface area contributed by atoms with Gasteiger partial charge in [0, 0.05) is 6.04 Å². The van der Waals surface area contributed by atoms with E-state index in [-0.39, 0.29) is 15.5 Å². The highest BCUT2D eigenvalue weighted by Gasteiger charge is 2.19. The first-order valence-corrected chi connectivity index (χ1v) is 10.1. The van der Waals surface area contributed by atoms with Crippen molar-refractivity contribution in [2.24, 2.45) is 0 Å². The van der Waals surface area contributed by atoms with Gasteiger partial charge in [0.05, 0.1) is 22.1 Å². The van der Waals surface area contributed by atoms with Crippen molar-refractivity contribution in [2.45, 2.75) is 36.2 Å². The van der Waals surface area contributed by atoms with Crippen LogP contribution in [0.5, 0.6) is 0 Å². The molecule has 126 valence electrons. The van der Waals surface area contributed by atoms with Gasteiger partial charge in [-0.2, -0.15) is 5.10 Å². The van der Waals surface area contributed by atoms with E-state index in [1.54, 1.807) is 6.92 Å². The first kappa shape index (κ1) is 17.6. The molecule has 1 heterocycles. The average molecular weight is 358 g/mol. The van der Waals surface area contributed by atoms with Gasteiger partial charge < -0.3 is 0 Å². The number of rotatable bonds is 7. The molecule has 0 spiro atoms. The number of sulfone groups is 1. The third-order valence-corrected chi connectivity index (χ3v) is 6.51. The van der Waals surface area contributed by atoms with Crippen molar-refractivity contribution in [3.8, 4) is 0 Å². The Balaban J connectivity index is 2.13. The predicted octanol–water partition coefficient (Wildman–Crippen LogP) is 0.439. The van der Waals surface area contributed by atoms with Crippen LogP contribution < -0.4 is 4.72 Å². The van der Waals surface area contributed by atoms with Gasteiger partial charge in [0.2, 0.25) is 10.0 Å². The number of nitrogens with one attached hydrogen (secondary N) is 1. The Morgan fingerprint density at radius 3 is 2.26 bits per heavy atom. The molecule has 2 rings (SSSR count). The van der Waals surface area contributed by atoms with Gasteiger partial charge in [-0.1, -0.05) is 6.92 Å². The fourth-order valence-electron chi connectivity index (χ4n) is 1.97. The normalized spacial score (nSPS) is 13.8. The van der Waals surface area contributed by atoms with Crippen LogP contribution in [-0.4, -0.2) is 43.4 Å². The molecule has 1 aromatic carbocycles. The van der Waals surface area contributed by atoms with E-state index in [0.29, 0.717) is 6.54 Å². The SMILES string of the molecule is CCS(=O)(=O)c1ccc(S(=O)(=O)NC(C)Cn2cncn2)cc1. The minimum atomic E-state index is -3.74. The van der Waals surface area contributed by atoms with Gasteiger partial charge in [-0.15, -0.1) is 0 Å². The van der Waals surface area contributed by atoms with Crippen LogP contribution in [0.2, 0.25) is 0 Å². The first-order chi connectivity index (χ1) is 10.7. The predicted molar refractivity (Wildman–Crippen MR) is 84.0 cm³/mol. The zero-order valence-electron chi connectivity index (χ0n) is 12.7. The molecule has 1 atom stereocenters. The molecule has 23 heavy (non-hydrogen) atoms. The maximum Gasteiger partial charge on any atom is 0.240 e. The van der Waals surface area contributed by atoms with E-state index in [1.165, 1.54) is 48.5 Å². The molecular formula is C13H18N4O4S2.